The van der Waals surface area contributed by atoms with Crippen LogP contribution in [0.1, 0.15) is 44.2 Å². The van der Waals surface area contributed by atoms with E-state index >= 15 is 0 Å². The van der Waals surface area contributed by atoms with Gasteiger partial charge in [-0.05, 0) is 24.1 Å². The van der Waals surface area contributed by atoms with Crippen LogP contribution >= 0.6 is 0 Å². The summed E-state index contributed by atoms with van der Waals surface area (Å²) in [7, 11) is 0. The molecule has 0 amide bonds. The van der Waals surface area contributed by atoms with E-state index in [-0.39, 0.29) is 11.8 Å². The van der Waals surface area contributed by atoms with Gasteiger partial charge in [0.25, 0.3) is 0 Å². The highest BCUT2D eigenvalue weighted by atomic mass is 19.4. The molecule has 0 aliphatic heterocycles. The lowest BCUT2D eigenvalue weighted by molar-refractivity contribution is -0.274. The van der Waals surface area contributed by atoms with E-state index in [4.69, 9.17) is 5.73 Å². The molecule has 0 heterocycles. The fourth-order valence-electron chi connectivity index (χ4n) is 1.72. The van der Waals surface area contributed by atoms with Gasteiger partial charge in [0.2, 0.25) is 0 Å². The van der Waals surface area contributed by atoms with Crippen LogP contribution in [0.4, 0.5) is 13.2 Å². The third-order valence-corrected chi connectivity index (χ3v) is 2.64. The van der Waals surface area contributed by atoms with E-state index in [1.165, 1.54) is 18.2 Å². The summed E-state index contributed by atoms with van der Waals surface area (Å²) >= 11 is 0. The smallest absolute Gasteiger partial charge is 0.406 e. The minimum absolute atomic E-state index is 0.217. The maximum Gasteiger partial charge on any atom is 0.573 e. The van der Waals surface area contributed by atoms with Gasteiger partial charge in [0.05, 0.1) is 0 Å². The first-order valence-electron chi connectivity index (χ1n) is 6.03. The predicted octanol–water partition coefficient (Wildman–Crippen LogP) is 4.17. The Hall–Kier alpha value is -1.23. The Labute approximate surface area is 105 Å². The van der Waals surface area contributed by atoms with E-state index < -0.39 is 6.36 Å². The first-order chi connectivity index (χ1) is 8.42. The second-order valence-corrected chi connectivity index (χ2v) is 4.22. The van der Waals surface area contributed by atoms with E-state index in [0.29, 0.717) is 5.56 Å². The first-order valence-corrected chi connectivity index (χ1v) is 6.03. The Bertz CT molecular complexity index is 365. The van der Waals surface area contributed by atoms with E-state index in [1.54, 1.807) is 6.07 Å². The minimum Gasteiger partial charge on any atom is -0.406 e. The zero-order valence-electron chi connectivity index (χ0n) is 10.3. The number of unbranched alkanes of at least 4 members (excludes halogenated alkanes) is 2. The van der Waals surface area contributed by atoms with Crippen molar-refractivity contribution in [3.05, 3.63) is 29.8 Å². The van der Waals surface area contributed by atoms with Gasteiger partial charge in [0.15, 0.2) is 0 Å². The van der Waals surface area contributed by atoms with Gasteiger partial charge in [-0.15, -0.1) is 13.2 Å². The second-order valence-electron chi connectivity index (χ2n) is 4.22. The van der Waals surface area contributed by atoms with Crippen molar-refractivity contribution in [3.8, 4) is 5.75 Å². The molecule has 2 N–H and O–H groups in total. The molecule has 0 aliphatic rings. The molecule has 1 aromatic rings. The van der Waals surface area contributed by atoms with Gasteiger partial charge in [-0.25, -0.2) is 0 Å². The van der Waals surface area contributed by atoms with Crippen LogP contribution in [0.2, 0.25) is 0 Å². The summed E-state index contributed by atoms with van der Waals surface area (Å²) in [6.07, 6.45) is -0.757. The lowest BCUT2D eigenvalue weighted by atomic mass is 10.0. The molecule has 0 bridgehead atoms. The maximum atomic E-state index is 12.1. The van der Waals surface area contributed by atoms with Crippen LogP contribution in [-0.4, -0.2) is 6.36 Å². The molecule has 0 unspecified atom stereocenters. The minimum atomic E-state index is -4.66. The van der Waals surface area contributed by atoms with E-state index in [2.05, 4.69) is 11.7 Å². The predicted molar refractivity (Wildman–Crippen MR) is 64.2 cm³/mol. The van der Waals surface area contributed by atoms with Crippen molar-refractivity contribution in [2.45, 2.75) is 45.0 Å². The fourth-order valence-corrected chi connectivity index (χ4v) is 1.72. The fraction of sp³-hybridized carbons (Fsp3) is 0.538. The zero-order valence-corrected chi connectivity index (χ0v) is 10.3. The molecule has 102 valence electrons. The van der Waals surface area contributed by atoms with Gasteiger partial charge in [0, 0.05) is 6.04 Å². The van der Waals surface area contributed by atoms with Gasteiger partial charge in [-0.1, -0.05) is 38.3 Å². The number of halogens is 3. The number of hydrogen-bond donors (Lipinski definition) is 1. The standard InChI is InChI=1S/C13H18F3NO/c1-2-3-4-8-12(17)10-6-5-7-11(9-10)18-13(14,15)16/h5-7,9,12H,2-4,8,17H2,1H3/t12-/m1/s1. The highest BCUT2D eigenvalue weighted by Crippen LogP contribution is 2.26. The van der Waals surface area contributed by atoms with Crippen molar-refractivity contribution in [1.29, 1.82) is 0 Å². The summed E-state index contributed by atoms with van der Waals surface area (Å²) in [5, 5.41) is 0. The van der Waals surface area contributed by atoms with Gasteiger partial charge >= 0.3 is 6.36 Å². The maximum absolute atomic E-state index is 12.1. The molecule has 0 saturated heterocycles. The number of rotatable bonds is 6. The van der Waals surface area contributed by atoms with Crippen LogP contribution in [0.5, 0.6) is 5.75 Å². The molecular formula is C13H18F3NO. The number of benzene rings is 1. The Morgan fingerprint density at radius 3 is 2.61 bits per heavy atom. The van der Waals surface area contributed by atoms with Crippen molar-refractivity contribution in [3.63, 3.8) is 0 Å². The number of hydrogen-bond acceptors (Lipinski definition) is 2. The second kappa shape index (κ2) is 6.64. The van der Waals surface area contributed by atoms with Crippen LogP contribution in [0.3, 0.4) is 0 Å². The summed E-state index contributed by atoms with van der Waals surface area (Å²) in [5.41, 5.74) is 6.61. The molecule has 0 spiro atoms. The molecular weight excluding hydrogens is 243 g/mol. The summed E-state index contributed by atoms with van der Waals surface area (Å²) in [6, 6.07) is 5.63. The summed E-state index contributed by atoms with van der Waals surface area (Å²) in [6.45, 7) is 2.09. The quantitative estimate of drug-likeness (QED) is 0.780. The van der Waals surface area contributed by atoms with Crippen LogP contribution in [0.15, 0.2) is 24.3 Å². The van der Waals surface area contributed by atoms with Gasteiger partial charge in [-0.2, -0.15) is 0 Å². The molecule has 0 aromatic heterocycles. The SMILES string of the molecule is CCCCC[C@@H](N)c1cccc(OC(F)(F)F)c1. The van der Waals surface area contributed by atoms with Crippen LogP contribution < -0.4 is 10.5 Å². The van der Waals surface area contributed by atoms with Crippen molar-refractivity contribution >= 4 is 0 Å². The van der Waals surface area contributed by atoms with Crippen LogP contribution in [-0.2, 0) is 0 Å². The lowest BCUT2D eigenvalue weighted by Crippen LogP contribution is -2.17. The number of nitrogens with two attached hydrogens (primary N) is 1. The summed E-state index contributed by atoms with van der Waals surface area (Å²) < 4.78 is 40.1. The highest BCUT2D eigenvalue weighted by molar-refractivity contribution is 5.30. The van der Waals surface area contributed by atoms with Crippen LogP contribution in [0.25, 0.3) is 0 Å². The molecule has 0 fully saturated rings. The average Bonchev–Trinajstić information content (AvgIpc) is 2.27. The van der Waals surface area contributed by atoms with Gasteiger partial charge in [0.1, 0.15) is 5.75 Å². The van der Waals surface area contributed by atoms with E-state index in [0.717, 1.165) is 25.7 Å². The van der Waals surface area contributed by atoms with Gasteiger partial charge < -0.3 is 10.5 Å². The van der Waals surface area contributed by atoms with Gasteiger partial charge in [-0.3, -0.25) is 0 Å². The van der Waals surface area contributed by atoms with Crippen molar-refractivity contribution in [2.75, 3.05) is 0 Å². The highest BCUT2D eigenvalue weighted by Gasteiger charge is 2.31. The Morgan fingerprint density at radius 1 is 1.28 bits per heavy atom. The van der Waals surface area contributed by atoms with Crippen molar-refractivity contribution < 1.29 is 17.9 Å². The molecule has 1 rings (SSSR count). The summed E-state index contributed by atoms with van der Waals surface area (Å²) in [5.74, 6) is -0.217. The first kappa shape index (κ1) is 14.8. The Morgan fingerprint density at radius 2 is 2.00 bits per heavy atom. The normalized spacial score (nSPS) is 13.4. The molecule has 18 heavy (non-hydrogen) atoms. The Kier molecular flexibility index (Phi) is 5.47. The van der Waals surface area contributed by atoms with Crippen molar-refractivity contribution in [1.82, 2.24) is 0 Å². The molecule has 0 saturated carbocycles. The molecule has 1 atom stereocenters. The van der Waals surface area contributed by atoms with E-state index in [1.807, 2.05) is 0 Å². The largest absolute Gasteiger partial charge is 0.573 e. The van der Waals surface area contributed by atoms with Crippen molar-refractivity contribution in [2.24, 2.45) is 5.73 Å². The topological polar surface area (TPSA) is 35.2 Å². The zero-order chi connectivity index (χ0) is 13.6. The number of ether oxygens (including phenoxy) is 1. The molecule has 2 nitrogen and oxygen atoms in total. The molecule has 0 aliphatic carbocycles. The lowest BCUT2D eigenvalue weighted by Gasteiger charge is -2.14. The summed E-state index contributed by atoms with van der Waals surface area (Å²) in [4.78, 5) is 0. The molecule has 0 radical (unpaired) electrons. The Balaban J connectivity index is 2.63. The molecule has 1 aromatic carbocycles. The third kappa shape index (κ3) is 5.40. The molecule has 5 heteroatoms. The van der Waals surface area contributed by atoms with E-state index in [9.17, 15) is 13.2 Å². The average molecular weight is 261 g/mol. The van der Waals surface area contributed by atoms with Crippen LogP contribution in [0, 0.1) is 0 Å². The third-order valence-electron chi connectivity index (χ3n) is 2.64. The number of alkyl halides is 3. The monoisotopic (exact) mass is 261 g/mol.